The topological polar surface area (TPSA) is 39.9 Å². The number of aromatic nitrogens is 3. The Morgan fingerprint density at radius 2 is 2.00 bits per heavy atom. The molecule has 3 aromatic heterocycles. The van der Waals surface area contributed by atoms with E-state index in [1.165, 1.54) is 0 Å². The monoisotopic (exact) mass is 343 g/mol. The van der Waals surface area contributed by atoms with Crippen LogP contribution in [0.1, 0.15) is 37.9 Å². The van der Waals surface area contributed by atoms with E-state index in [2.05, 4.69) is 43.3 Å². The summed E-state index contributed by atoms with van der Waals surface area (Å²) in [4.78, 5) is 9.46. The van der Waals surface area contributed by atoms with Crippen LogP contribution in [0.4, 0.5) is 0 Å². The largest absolute Gasteiger partial charge is 0.480 e. The number of pyridine rings is 2. The van der Waals surface area contributed by atoms with Gasteiger partial charge in [0.2, 0.25) is 5.88 Å². The molecule has 0 unspecified atom stereocenters. The van der Waals surface area contributed by atoms with Crippen LogP contribution >= 0.6 is 11.6 Å². The summed E-state index contributed by atoms with van der Waals surface area (Å²) in [6, 6.07) is 6.20. The second-order valence-corrected chi connectivity index (χ2v) is 6.64. The van der Waals surface area contributed by atoms with Gasteiger partial charge in [0.25, 0.3) is 0 Å². The highest BCUT2D eigenvalue weighted by molar-refractivity contribution is 6.35. The van der Waals surface area contributed by atoms with Crippen LogP contribution in [0.3, 0.4) is 0 Å². The molecular weight excluding hydrogens is 322 g/mol. The fourth-order valence-corrected chi connectivity index (χ4v) is 3.16. The van der Waals surface area contributed by atoms with Crippen molar-refractivity contribution >= 4 is 22.6 Å². The van der Waals surface area contributed by atoms with E-state index < -0.39 is 0 Å². The average Bonchev–Trinajstić information content (AvgIpc) is 2.88. The lowest BCUT2D eigenvalue weighted by Crippen LogP contribution is -2.00. The average molecular weight is 344 g/mol. The maximum Gasteiger partial charge on any atom is 0.222 e. The number of ether oxygens (including phenoxy) is 1. The SMILES string of the molecule is CCn1cc(Cl)c2nc(-c3ccc(C(C)C)nc3OC)c(C)cc21. The number of hydrogen-bond acceptors (Lipinski definition) is 3. The molecule has 0 fully saturated rings. The van der Waals surface area contributed by atoms with Gasteiger partial charge >= 0.3 is 0 Å². The zero-order valence-corrected chi connectivity index (χ0v) is 15.5. The van der Waals surface area contributed by atoms with Gasteiger partial charge in [-0.2, -0.15) is 0 Å². The maximum atomic E-state index is 6.38. The van der Waals surface area contributed by atoms with Gasteiger partial charge in [0.15, 0.2) is 0 Å². The van der Waals surface area contributed by atoms with Crippen molar-refractivity contribution in [3.63, 3.8) is 0 Å². The number of halogens is 1. The van der Waals surface area contributed by atoms with E-state index in [9.17, 15) is 0 Å². The molecule has 0 atom stereocenters. The molecule has 24 heavy (non-hydrogen) atoms. The molecule has 3 aromatic rings. The molecular formula is C19H22ClN3O. The predicted molar refractivity (Wildman–Crippen MR) is 99.0 cm³/mol. The van der Waals surface area contributed by atoms with E-state index >= 15 is 0 Å². The Morgan fingerprint density at radius 1 is 1.25 bits per heavy atom. The van der Waals surface area contributed by atoms with Gasteiger partial charge < -0.3 is 9.30 Å². The molecule has 0 aliphatic carbocycles. The summed E-state index contributed by atoms with van der Waals surface area (Å²) < 4.78 is 7.63. The fraction of sp³-hybridized carbons (Fsp3) is 0.368. The van der Waals surface area contributed by atoms with Gasteiger partial charge in [-0.3, -0.25) is 0 Å². The molecule has 5 heteroatoms. The third-order valence-corrected chi connectivity index (χ3v) is 4.54. The standard InChI is InChI=1S/C19H22ClN3O/c1-6-23-10-14(20)18-16(23)9-12(4)17(22-18)13-7-8-15(11(2)3)21-19(13)24-5/h7-11H,6H2,1-5H3. The van der Waals surface area contributed by atoms with Gasteiger partial charge in [-0.25, -0.2) is 9.97 Å². The molecule has 3 heterocycles. The van der Waals surface area contributed by atoms with E-state index in [1.54, 1.807) is 7.11 Å². The van der Waals surface area contributed by atoms with Crippen molar-refractivity contribution in [1.82, 2.24) is 14.5 Å². The zero-order chi connectivity index (χ0) is 17.4. The quantitative estimate of drug-likeness (QED) is 0.652. The lowest BCUT2D eigenvalue weighted by Gasteiger charge is -2.13. The van der Waals surface area contributed by atoms with E-state index in [0.717, 1.165) is 40.1 Å². The summed E-state index contributed by atoms with van der Waals surface area (Å²) >= 11 is 6.38. The number of rotatable bonds is 4. The van der Waals surface area contributed by atoms with Gasteiger partial charge in [-0.05, 0) is 43.5 Å². The van der Waals surface area contributed by atoms with Crippen molar-refractivity contribution in [1.29, 1.82) is 0 Å². The van der Waals surface area contributed by atoms with Gasteiger partial charge in [0, 0.05) is 18.4 Å². The fourth-order valence-electron chi connectivity index (χ4n) is 2.91. The molecule has 3 rings (SSSR count). The molecule has 0 aliphatic rings. The molecule has 0 saturated heterocycles. The first-order chi connectivity index (χ1) is 11.5. The van der Waals surface area contributed by atoms with Crippen LogP contribution < -0.4 is 4.74 Å². The van der Waals surface area contributed by atoms with Crippen LogP contribution in [0.15, 0.2) is 24.4 Å². The minimum Gasteiger partial charge on any atom is -0.480 e. The molecule has 0 aliphatic heterocycles. The Balaban J connectivity index is 2.22. The summed E-state index contributed by atoms with van der Waals surface area (Å²) in [5.41, 5.74) is 5.69. The van der Waals surface area contributed by atoms with Crippen molar-refractivity contribution < 1.29 is 4.74 Å². The van der Waals surface area contributed by atoms with Crippen molar-refractivity contribution in [3.8, 4) is 17.1 Å². The Kier molecular flexibility index (Phi) is 4.50. The van der Waals surface area contributed by atoms with Crippen LogP contribution in [0, 0.1) is 6.92 Å². The molecule has 0 aromatic carbocycles. The Labute approximate surface area is 147 Å². The predicted octanol–water partition coefficient (Wildman–Crippen LogP) is 5.21. The van der Waals surface area contributed by atoms with Crippen LogP contribution in [0.2, 0.25) is 5.02 Å². The molecule has 4 nitrogen and oxygen atoms in total. The number of hydrogen-bond donors (Lipinski definition) is 0. The lowest BCUT2D eigenvalue weighted by molar-refractivity contribution is 0.397. The van der Waals surface area contributed by atoms with Gasteiger partial charge in [-0.1, -0.05) is 25.4 Å². The molecule has 0 N–H and O–H groups in total. The summed E-state index contributed by atoms with van der Waals surface area (Å²) in [6.45, 7) is 9.24. The van der Waals surface area contributed by atoms with Crippen LogP contribution in [0.5, 0.6) is 5.88 Å². The first-order valence-corrected chi connectivity index (χ1v) is 8.55. The number of methoxy groups -OCH3 is 1. The molecule has 0 radical (unpaired) electrons. The van der Waals surface area contributed by atoms with Gasteiger partial charge in [0.05, 0.1) is 28.9 Å². The molecule has 0 amide bonds. The molecule has 0 bridgehead atoms. The molecule has 0 saturated carbocycles. The van der Waals surface area contributed by atoms with E-state index in [0.29, 0.717) is 16.8 Å². The van der Waals surface area contributed by atoms with E-state index in [1.807, 2.05) is 18.3 Å². The summed E-state index contributed by atoms with van der Waals surface area (Å²) in [6.07, 6.45) is 1.93. The van der Waals surface area contributed by atoms with Crippen molar-refractivity contribution in [3.05, 3.63) is 40.7 Å². The van der Waals surface area contributed by atoms with Crippen molar-refractivity contribution in [2.24, 2.45) is 0 Å². The van der Waals surface area contributed by atoms with Gasteiger partial charge in [0.1, 0.15) is 5.52 Å². The highest BCUT2D eigenvalue weighted by atomic mass is 35.5. The number of aryl methyl sites for hydroxylation is 2. The minimum absolute atomic E-state index is 0.345. The van der Waals surface area contributed by atoms with Crippen LogP contribution in [-0.2, 0) is 6.54 Å². The summed E-state index contributed by atoms with van der Waals surface area (Å²) in [7, 11) is 1.64. The third kappa shape index (κ3) is 2.75. The van der Waals surface area contributed by atoms with Crippen LogP contribution in [-0.4, -0.2) is 21.6 Å². The number of nitrogens with zero attached hydrogens (tertiary/aromatic N) is 3. The Hall–Kier alpha value is -2.07. The molecule has 0 spiro atoms. The second-order valence-electron chi connectivity index (χ2n) is 6.23. The van der Waals surface area contributed by atoms with Gasteiger partial charge in [-0.15, -0.1) is 0 Å². The van der Waals surface area contributed by atoms with E-state index in [4.69, 9.17) is 21.3 Å². The van der Waals surface area contributed by atoms with E-state index in [-0.39, 0.29) is 0 Å². The first-order valence-electron chi connectivity index (χ1n) is 8.17. The van der Waals surface area contributed by atoms with Crippen molar-refractivity contribution in [2.75, 3.05) is 7.11 Å². The minimum atomic E-state index is 0.345. The smallest absolute Gasteiger partial charge is 0.222 e. The Morgan fingerprint density at radius 3 is 2.62 bits per heavy atom. The highest BCUT2D eigenvalue weighted by Crippen LogP contribution is 2.34. The molecule has 126 valence electrons. The second kappa shape index (κ2) is 6.44. The Bertz CT molecular complexity index is 899. The zero-order valence-electron chi connectivity index (χ0n) is 14.7. The lowest BCUT2D eigenvalue weighted by atomic mass is 10.0. The van der Waals surface area contributed by atoms with Crippen molar-refractivity contribution in [2.45, 2.75) is 40.2 Å². The van der Waals surface area contributed by atoms with Crippen LogP contribution in [0.25, 0.3) is 22.3 Å². The number of fused-ring (bicyclic) bond motifs is 1. The third-order valence-electron chi connectivity index (χ3n) is 4.26. The highest BCUT2D eigenvalue weighted by Gasteiger charge is 2.17. The first kappa shape index (κ1) is 16.8. The normalized spacial score (nSPS) is 11.5. The maximum absolute atomic E-state index is 6.38. The summed E-state index contributed by atoms with van der Waals surface area (Å²) in [5.74, 6) is 0.944. The summed E-state index contributed by atoms with van der Waals surface area (Å²) in [5, 5.41) is 0.666.